The highest BCUT2D eigenvalue weighted by Crippen LogP contribution is 2.41. The Bertz CT molecular complexity index is 1590. The summed E-state index contributed by atoms with van der Waals surface area (Å²) in [4.78, 5) is 13.9. The van der Waals surface area contributed by atoms with E-state index in [1.54, 1.807) is 4.68 Å². The van der Waals surface area contributed by atoms with Crippen LogP contribution in [0.15, 0.2) is 82.5 Å². The highest BCUT2D eigenvalue weighted by atomic mass is 79.9. The number of nitrogens with zero attached hydrogens (tertiary/aromatic N) is 4. The number of benzene rings is 3. The lowest BCUT2D eigenvalue weighted by atomic mass is 9.87. The molecule has 0 aliphatic carbocycles. The van der Waals surface area contributed by atoms with Crippen LogP contribution in [0.4, 0.5) is 11.6 Å². The second-order valence-corrected chi connectivity index (χ2v) is 11.7. The predicted octanol–water partition coefficient (Wildman–Crippen LogP) is 6.64. The van der Waals surface area contributed by atoms with Crippen molar-refractivity contribution in [3.63, 3.8) is 0 Å². The van der Waals surface area contributed by atoms with Crippen LogP contribution >= 0.6 is 15.9 Å². The van der Waals surface area contributed by atoms with Crippen LogP contribution in [0.1, 0.15) is 57.4 Å². The number of para-hydroxylation sites is 2. The van der Waals surface area contributed by atoms with E-state index < -0.39 is 6.04 Å². The van der Waals surface area contributed by atoms with E-state index in [4.69, 9.17) is 9.47 Å². The van der Waals surface area contributed by atoms with Gasteiger partial charge in [0, 0.05) is 15.7 Å². The molecule has 10 heteroatoms. The van der Waals surface area contributed by atoms with Crippen molar-refractivity contribution in [2.24, 2.45) is 0 Å². The number of carbonyl (C=O) groups excluding carboxylic acids is 1. The first-order valence-corrected chi connectivity index (χ1v) is 14.3. The van der Waals surface area contributed by atoms with Crippen LogP contribution in [0.5, 0.6) is 11.5 Å². The van der Waals surface area contributed by atoms with E-state index in [1.807, 2.05) is 56.3 Å². The number of tetrazole rings is 1. The number of hydrogen-bond donors (Lipinski definition) is 2. The summed E-state index contributed by atoms with van der Waals surface area (Å²) in [5.41, 5.74) is 4.77. The Labute approximate surface area is 248 Å². The summed E-state index contributed by atoms with van der Waals surface area (Å²) >= 11 is 3.60. The summed E-state index contributed by atoms with van der Waals surface area (Å²) in [6.07, 6.45) is 0. The van der Waals surface area contributed by atoms with Gasteiger partial charge in [0.25, 0.3) is 5.91 Å². The van der Waals surface area contributed by atoms with Crippen LogP contribution in [0, 0.1) is 0 Å². The fraction of sp³-hybridized carbons (Fsp3) is 0.290. The van der Waals surface area contributed by atoms with E-state index in [2.05, 4.69) is 87.1 Å². The van der Waals surface area contributed by atoms with Crippen LogP contribution in [-0.2, 0) is 16.8 Å². The van der Waals surface area contributed by atoms with Gasteiger partial charge in [0.05, 0.1) is 17.9 Å². The molecule has 41 heavy (non-hydrogen) atoms. The molecular weight excluding hydrogens is 584 g/mol. The number of amides is 1. The van der Waals surface area contributed by atoms with Crippen LogP contribution in [-0.4, -0.2) is 32.7 Å². The molecule has 1 aliphatic heterocycles. The molecule has 2 heterocycles. The molecule has 3 aromatic carbocycles. The van der Waals surface area contributed by atoms with E-state index in [-0.39, 0.29) is 11.3 Å². The molecule has 0 radical (unpaired) electrons. The Hall–Kier alpha value is -4.18. The number of fused-ring (bicyclic) bond motifs is 1. The minimum Gasteiger partial charge on any atom is -0.492 e. The van der Waals surface area contributed by atoms with Crippen molar-refractivity contribution in [3.8, 4) is 11.5 Å². The summed E-state index contributed by atoms with van der Waals surface area (Å²) in [7, 11) is 0. The first-order valence-electron chi connectivity index (χ1n) is 13.5. The standard InChI is InChI=1S/C31H33BrN6O3/c1-6-40-26-10-8-7-9-24(26)34-29(39)27-19(2)33-30-35-36-37-38(30)28(27)23-17-22(32)15-16-25(23)41-18-20-11-13-21(14-12-20)31(3,4)5/h7-17,28H,6,18H2,1-5H3,(H,34,39)(H,33,35,37). The zero-order valence-corrected chi connectivity index (χ0v) is 25.3. The molecular formula is C31H33BrN6O3. The number of rotatable bonds is 8. The first kappa shape index (κ1) is 28.4. The average Bonchev–Trinajstić information content (AvgIpc) is 3.40. The highest BCUT2D eigenvalue weighted by molar-refractivity contribution is 9.10. The lowest BCUT2D eigenvalue weighted by Crippen LogP contribution is -2.32. The zero-order valence-electron chi connectivity index (χ0n) is 23.7. The maximum absolute atomic E-state index is 13.9. The molecule has 4 aromatic rings. The van der Waals surface area contributed by atoms with Gasteiger partial charge in [-0.2, -0.15) is 4.68 Å². The molecule has 0 saturated heterocycles. The van der Waals surface area contributed by atoms with Gasteiger partial charge in [-0.15, -0.1) is 0 Å². The third kappa shape index (κ3) is 6.12. The number of ether oxygens (including phenoxy) is 2. The van der Waals surface area contributed by atoms with Gasteiger partial charge in [0.1, 0.15) is 24.1 Å². The molecule has 0 spiro atoms. The zero-order chi connectivity index (χ0) is 29.1. The monoisotopic (exact) mass is 616 g/mol. The number of halogens is 1. The molecule has 1 atom stereocenters. The number of anilines is 2. The van der Waals surface area contributed by atoms with Gasteiger partial charge in [0.15, 0.2) is 0 Å². The van der Waals surface area contributed by atoms with Crippen molar-refractivity contribution in [2.75, 3.05) is 17.2 Å². The molecule has 0 bridgehead atoms. The van der Waals surface area contributed by atoms with Crippen molar-refractivity contribution in [1.29, 1.82) is 0 Å². The Balaban J connectivity index is 1.50. The summed E-state index contributed by atoms with van der Waals surface area (Å²) in [6.45, 7) is 11.2. The fourth-order valence-corrected chi connectivity index (χ4v) is 5.14. The summed E-state index contributed by atoms with van der Waals surface area (Å²) in [5, 5.41) is 18.4. The molecule has 212 valence electrons. The topological polar surface area (TPSA) is 103 Å². The number of hydrogen-bond acceptors (Lipinski definition) is 7. The number of carbonyl (C=O) groups is 1. The SMILES string of the molecule is CCOc1ccccc1NC(=O)C1=C(C)Nc2nnnn2C1c1cc(Br)ccc1OCc1ccc(C(C)(C)C)cc1. The fourth-order valence-electron chi connectivity index (χ4n) is 4.76. The number of aromatic nitrogens is 4. The van der Waals surface area contributed by atoms with E-state index in [0.717, 1.165) is 15.6 Å². The Morgan fingerprint density at radius 3 is 2.54 bits per heavy atom. The largest absolute Gasteiger partial charge is 0.492 e. The van der Waals surface area contributed by atoms with Gasteiger partial charge in [-0.3, -0.25) is 4.79 Å². The van der Waals surface area contributed by atoms with E-state index in [1.165, 1.54) is 5.56 Å². The van der Waals surface area contributed by atoms with Gasteiger partial charge in [-0.1, -0.05) is 78.2 Å². The maximum atomic E-state index is 13.9. The average molecular weight is 618 g/mol. The summed E-state index contributed by atoms with van der Waals surface area (Å²) in [5.74, 6) is 1.34. The minimum atomic E-state index is -0.656. The molecule has 1 aliphatic rings. The molecule has 2 N–H and O–H groups in total. The maximum Gasteiger partial charge on any atom is 0.255 e. The van der Waals surface area contributed by atoms with Gasteiger partial charge >= 0.3 is 0 Å². The van der Waals surface area contributed by atoms with Gasteiger partial charge in [-0.05, 0) is 71.1 Å². The van der Waals surface area contributed by atoms with E-state index in [0.29, 0.717) is 47.6 Å². The molecule has 0 saturated carbocycles. The van der Waals surface area contributed by atoms with E-state index >= 15 is 0 Å². The quantitative estimate of drug-likeness (QED) is 0.229. The van der Waals surface area contributed by atoms with Crippen LogP contribution in [0.3, 0.4) is 0 Å². The predicted molar refractivity (Wildman–Crippen MR) is 162 cm³/mol. The third-order valence-corrected chi connectivity index (χ3v) is 7.37. The molecule has 1 unspecified atom stereocenters. The van der Waals surface area contributed by atoms with Crippen molar-refractivity contribution < 1.29 is 14.3 Å². The first-order chi connectivity index (χ1) is 19.7. The van der Waals surface area contributed by atoms with Crippen LogP contribution in [0.2, 0.25) is 0 Å². The molecule has 1 aromatic heterocycles. The van der Waals surface area contributed by atoms with Crippen LogP contribution < -0.4 is 20.1 Å². The molecule has 5 rings (SSSR count). The van der Waals surface area contributed by atoms with E-state index in [9.17, 15) is 4.79 Å². The lowest BCUT2D eigenvalue weighted by molar-refractivity contribution is -0.113. The second-order valence-electron chi connectivity index (χ2n) is 10.8. The van der Waals surface area contributed by atoms with Crippen molar-refractivity contribution in [3.05, 3.63) is 99.2 Å². The van der Waals surface area contributed by atoms with Crippen LogP contribution in [0.25, 0.3) is 0 Å². The van der Waals surface area contributed by atoms with Crippen molar-refractivity contribution in [1.82, 2.24) is 20.2 Å². The van der Waals surface area contributed by atoms with Gasteiger partial charge in [0.2, 0.25) is 5.95 Å². The molecule has 0 fully saturated rings. The number of nitrogens with one attached hydrogen (secondary N) is 2. The smallest absolute Gasteiger partial charge is 0.255 e. The van der Waals surface area contributed by atoms with Crippen molar-refractivity contribution >= 4 is 33.5 Å². The number of allylic oxidation sites excluding steroid dienone is 1. The molecule has 1 amide bonds. The van der Waals surface area contributed by atoms with Gasteiger partial charge < -0.3 is 20.1 Å². The van der Waals surface area contributed by atoms with Crippen molar-refractivity contribution in [2.45, 2.75) is 52.7 Å². The summed E-state index contributed by atoms with van der Waals surface area (Å²) < 4.78 is 14.6. The minimum absolute atomic E-state index is 0.0706. The Morgan fingerprint density at radius 1 is 1.05 bits per heavy atom. The normalized spacial score (nSPS) is 14.7. The Morgan fingerprint density at radius 2 is 1.80 bits per heavy atom. The summed E-state index contributed by atoms with van der Waals surface area (Å²) in [6, 6.07) is 20.9. The van der Waals surface area contributed by atoms with Gasteiger partial charge in [-0.25, -0.2) is 0 Å². The third-order valence-electron chi connectivity index (χ3n) is 6.87. The highest BCUT2D eigenvalue weighted by Gasteiger charge is 2.36. The second kappa shape index (κ2) is 11.7. The molecule has 9 nitrogen and oxygen atoms in total. The Kier molecular flexibility index (Phi) is 8.12. The lowest BCUT2D eigenvalue weighted by Gasteiger charge is -2.29.